The van der Waals surface area contributed by atoms with Crippen LogP contribution in [-0.4, -0.2) is 25.1 Å². The summed E-state index contributed by atoms with van der Waals surface area (Å²) in [5.41, 5.74) is 0. The number of aliphatic imine (C=N–C) groups is 1. The molecule has 19 heavy (non-hydrogen) atoms. The lowest BCUT2D eigenvalue weighted by Crippen LogP contribution is -2.42. The van der Waals surface area contributed by atoms with E-state index in [0.29, 0.717) is 6.04 Å². The molecule has 0 radical (unpaired) electrons. The first-order valence-electron chi connectivity index (χ1n) is 6.60. The fourth-order valence-corrected chi connectivity index (χ4v) is 2.68. The van der Waals surface area contributed by atoms with E-state index in [1.165, 1.54) is 4.88 Å². The van der Waals surface area contributed by atoms with Gasteiger partial charge >= 0.3 is 0 Å². The maximum Gasteiger partial charge on any atom is 0.191 e. The first kappa shape index (κ1) is 16.5. The van der Waals surface area contributed by atoms with Crippen LogP contribution in [-0.2, 0) is 6.42 Å². The topological polar surface area (TPSA) is 36.4 Å². The molecule has 0 fully saturated rings. The molecule has 0 spiro atoms. The van der Waals surface area contributed by atoms with E-state index >= 15 is 0 Å². The molecule has 1 heterocycles. The molecule has 2 rings (SSSR count). The molecular formula is C14H22IN3S. The van der Waals surface area contributed by atoms with Gasteiger partial charge in [0.2, 0.25) is 0 Å². The number of nitrogens with one attached hydrogen (secondary N) is 2. The van der Waals surface area contributed by atoms with Gasteiger partial charge in [0.15, 0.2) is 5.96 Å². The van der Waals surface area contributed by atoms with Gasteiger partial charge in [-0.1, -0.05) is 18.2 Å². The summed E-state index contributed by atoms with van der Waals surface area (Å²) < 4.78 is 0. The maximum atomic E-state index is 4.63. The fourth-order valence-electron chi connectivity index (χ4n) is 1.98. The van der Waals surface area contributed by atoms with Gasteiger partial charge in [-0.2, -0.15) is 0 Å². The van der Waals surface area contributed by atoms with Crippen LogP contribution in [0.4, 0.5) is 0 Å². The zero-order valence-corrected chi connectivity index (χ0v) is 14.4. The molecule has 1 aromatic rings. The highest BCUT2D eigenvalue weighted by atomic mass is 127. The smallest absolute Gasteiger partial charge is 0.191 e. The van der Waals surface area contributed by atoms with Gasteiger partial charge in [-0.15, -0.1) is 35.3 Å². The van der Waals surface area contributed by atoms with Gasteiger partial charge in [0.25, 0.3) is 0 Å². The van der Waals surface area contributed by atoms with Crippen molar-refractivity contribution in [1.29, 1.82) is 0 Å². The highest BCUT2D eigenvalue weighted by Crippen LogP contribution is 2.10. The van der Waals surface area contributed by atoms with Crippen molar-refractivity contribution in [3.63, 3.8) is 0 Å². The average molecular weight is 391 g/mol. The standard InChI is InChI=1S/C14H21N3S.HI/c1-2-15-14(17-12-6-3-4-7-12)16-10-9-13-8-5-11-18-13;/h3-5,8,11-12H,2,6-7,9-10H2,1H3,(H2,15,16,17);1H. The van der Waals surface area contributed by atoms with Gasteiger partial charge in [0, 0.05) is 30.4 Å². The zero-order valence-electron chi connectivity index (χ0n) is 11.3. The predicted octanol–water partition coefficient (Wildman–Crippen LogP) is 3.18. The zero-order chi connectivity index (χ0) is 12.6. The van der Waals surface area contributed by atoms with Crippen LogP contribution in [0.1, 0.15) is 24.6 Å². The Hall–Kier alpha value is -0.560. The molecule has 0 bridgehead atoms. The molecule has 0 amide bonds. The normalized spacial score (nSPS) is 15.3. The van der Waals surface area contributed by atoms with E-state index in [1.54, 1.807) is 11.3 Å². The highest BCUT2D eigenvalue weighted by Gasteiger charge is 2.11. The van der Waals surface area contributed by atoms with E-state index in [-0.39, 0.29) is 24.0 Å². The van der Waals surface area contributed by atoms with E-state index in [0.717, 1.165) is 38.3 Å². The van der Waals surface area contributed by atoms with Crippen LogP contribution in [0.3, 0.4) is 0 Å². The molecule has 3 nitrogen and oxygen atoms in total. The van der Waals surface area contributed by atoms with Crippen molar-refractivity contribution in [3.8, 4) is 0 Å². The Kier molecular flexibility index (Phi) is 8.13. The van der Waals surface area contributed by atoms with Crippen molar-refractivity contribution < 1.29 is 0 Å². The Morgan fingerprint density at radius 1 is 1.42 bits per heavy atom. The summed E-state index contributed by atoms with van der Waals surface area (Å²) in [6.07, 6.45) is 7.70. The lowest BCUT2D eigenvalue weighted by molar-refractivity contribution is 0.633. The Balaban J connectivity index is 0.00000180. The first-order chi connectivity index (χ1) is 8.88. The summed E-state index contributed by atoms with van der Waals surface area (Å²) in [4.78, 5) is 6.03. The average Bonchev–Trinajstić information content (AvgIpc) is 3.02. The molecule has 0 aliphatic heterocycles. The van der Waals surface area contributed by atoms with E-state index in [9.17, 15) is 0 Å². The first-order valence-corrected chi connectivity index (χ1v) is 7.48. The van der Waals surface area contributed by atoms with Crippen molar-refractivity contribution in [3.05, 3.63) is 34.5 Å². The van der Waals surface area contributed by atoms with Crippen molar-refractivity contribution in [2.24, 2.45) is 4.99 Å². The lowest BCUT2D eigenvalue weighted by atomic mass is 10.2. The van der Waals surface area contributed by atoms with E-state index in [1.807, 2.05) is 0 Å². The van der Waals surface area contributed by atoms with Gasteiger partial charge in [-0.3, -0.25) is 4.99 Å². The molecule has 2 N–H and O–H groups in total. The molecule has 0 aromatic carbocycles. The van der Waals surface area contributed by atoms with Crippen LogP contribution >= 0.6 is 35.3 Å². The number of thiophene rings is 1. The van der Waals surface area contributed by atoms with Crippen molar-refractivity contribution >= 4 is 41.3 Å². The predicted molar refractivity (Wildman–Crippen MR) is 94.7 cm³/mol. The molecule has 1 aliphatic carbocycles. The van der Waals surface area contributed by atoms with Crippen molar-refractivity contribution in [2.45, 2.75) is 32.2 Å². The molecule has 0 saturated carbocycles. The van der Waals surface area contributed by atoms with Crippen LogP contribution in [0.2, 0.25) is 0 Å². The van der Waals surface area contributed by atoms with E-state index < -0.39 is 0 Å². The van der Waals surface area contributed by atoms with Gasteiger partial charge < -0.3 is 10.6 Å². The number of hydrogen-bond acceptors (Lipinski definition) is 2. The second kappa shape index (κ2) is 9.36. The molecule has 0 saturated heterocycles. The third kappa shape index (κ3) is 5.95. The summed E-state index contributed by atoms with van der Waals surface area (Å²) in [6, 6.07) is 4.78. The maximum absolute atomic E-state index is 4.63. The van der Waals surface area contributed by atoms with E-state index in [2.05, 4.69) is 52.2 Å². The Morgan fingerprint density at radius 2 is 2.21 bits per heavy atom. The SMILES string of the molecule is CCNC(=NCCc1cccs1)NC1CC=CC1.I. The highest BCUT2D eigenvalue weighted by molar-refractivity contribution is 14.0. The summed E-state index contributed by atoms with van der Waals surface area (Å²) in [6.45, 7) is 3.85. The second-order valence-electron chi connectivity index (χ2n) is 4.37. The molecule has 106 valence electrons. The number of guanidine groups is 1. The third-order valence-electron chi connectivity index (χ3n) is 2.90. The molecule has 5 heteroatoms. The lowest BCUT2D eigenvalue weighted by Gasteiger charge is -2.16. The number of halogens is 1. The largest absolute Gasteiger partial charge is 0.357 e. The fraction of sp³-hybridized carbons (Fsp3) is 0.500. The van der Waals surface area contributed by atoms with E-state index in [4.69, 9.17) is 0 Å². The third-order valence-corrected chi connectivity index (χ3v) is 3.84. The molecule has 0 unspecified atom stereocenters. The van der Waals surface area contributed by atoms with Crippen molar-refractivity contribution in [2.75, 3.05) is 13.1 Å². The molecule has 1 aliphatic rings. The van der Waals surface area contributed by atoms with Crippen LogP contribution in [0.15, 0.2) is 34.7 Å². The Labute approximate surface area is 136 Å². The van der Waals surface area contributed by atoms with Gasteiger partial charge in [0.05, 0.1) is 0 Å². The van der Waals surface area contributed by atoms with Crippen LogP contribution < -0.4 is 10.6 Å². The minimum Gasteiger partial charge on any atom is -0.357 e. The monoisotopic (exact) mass is 391 g/mol. The number of hydrogen-bond donors (Lipinski definition) is 2. The number of nitrogens with zero attached hydrogens (tertiary/aromatic N) is 1. The summed E-state index contributed by atoms with van der Waals surface area (Å²) in [5, 5.41) is 8.90. The van der Waals surface area contributed by atoms with Gasteiger partial charge in [-0.25, -0.2) is 0 Å². The van der Waals surface area contributed by atoms with Gasteiger partial charge in [0.1, 0.15) is 0 Å². The summed E-state index contributed by atoms with van der Waals surface area (Å²) in [5.74, 6) is 0.947. The number of rotatable bonds is 5. The van der Waals surface area contributed by atoms with Gasteiger partial charge in [-0.05, 0) is 31.2 Å². The second-order valence-corrected chi connectivity index (χ2v) is 5.41. The molecule has 0 atom stereocenters. The Bertz CT molecular complexity index is 393. The molecular weight excluding hydrogens is 369 g/mol. The Morgan fingerprint density at radius 3 is 2.84 bits per heavy atom. The van der Waals surface area contributed by atoms with Crippen LogP contribution in [0.5, 0.6) is 0 Å². The minimum atomic E-state index is 0. The molecule has 1 aromatic heterocycles. The van der Waals surface area contributed by atoms with Crippen LogP contribution in [0.25, 0.3) is 0 Å². The van der Waals surface area contributed by atoms with Crippen LogP contribution in [0, 0.1) is 0 Å². The van der Waals surface area contributed by atoms with Crippen molar-refractivity contribution in [1.82, 2.24) is 10.6 Å². The minimum absolute atomic E-state index is 0. The quantitative estimate of drug-likeness (QED) is 0.350. The summed E-state index contributed by atoms with van der Waals surface area (Å²) >= 11 is 1.80. The summed E-state index contributed by atoms with van der Waals surface area (Å²) in [7, 11) is 0.